The number of ether oxygens (including phenoxy) is 1. The van der Waals surface area contributed by atoms with Gasteiger partial charge in [-0.2, -0.15) is 0 Å². The lowest BCUT2D eigenvalue weighted by Crippen LogP contribution is -2.16. The lowest BCUT2D eigenvalue weighted by molar-refractivity contribution is 0.0695. The molecule has 0 saturated heterocycles. The van der Waals surface area contributed by atoms with Crippen molar-refractivity contribution in [3.63, 3.8) is 0 Å². The van der Waals surface area contributed by atoms with E-state index in [-0.39, 0.29) is 16.3 Å². The first-order valence-electron chi connectivity index (χ1n) is 6.84. The summed E-state index contributed by atoms with van der Waals surface area (Å²) in [5.41, 5.74) is 1.16. The van der Waals surface area contributed by atoms with E-state index in [1.807, 2.05) is 0 Å². The van der Waals surface area contributed by atoms with Gasteiger partial charge in [0.05, 0.1) is 18.2 Å². The molecule has 23 heavy (non-hydrogen) atoms. The highest BCUT2D eigenvalue weighted by Gasteiger charge is 2.18. The van der Waals surface area contributed by atoms with Gasteiger partial charge in [0.1, 0.15) is 10.9 Å². The van der Waals surface area contributed by atoms with E-state index in [4.69, 9.17) is 16.3 Å². The number of rotatable bonds is 5. The molecule has 0 fully saturated rings. The molecule has 7 heteroatoms. The molecule has 1 aromatic heterocycles. The molecule has 1 heterocycles. The van der Waals surface area contributed by atoms with Gasteiger partial charge in [0.15, 0.2) is 0 Å². The van der Waals surface area contributed by atoms with E-state index >= 15 is 0 Å². The van der Waals surface area contributed by atoms with E-state index in [2.05, 4.69) is 10.3 Å². The highest BCUT2D eigenvalue weighted by molar-refractivity contribution is 6.33. The summed E-state index contributed by atoms with van der Waals surface area (Å²) in [5.74, 6) is -1.22. The number of amides is 1. The summed E-state index contributed by atoms with van der Waals surface area (Å²) in [4.78, 5) is 27.6. The second-order valence-electron chi connectivity index (χ2n) is 4.66. The fourth-order valence-corrected chi connectivity index (χ4v) is 2.40. The Bertz CT molecular complexity index is 762. The second-order valence-corrected chi connectivity index (χ2v) is 5.01. The van der Waals surface area contributed by atoms with Crippen LogP contribution in [0.4, 0.5) is 5.69 Å². The monoisotopic (exact) mass is 334 g/mol. The molecule has 0 bridgehead atoms. The lowest BCUT2D eigenvalue weighted by Gasteiger charge is -2.15. The quantitative estimate of drug-likeness (QED) is 0.819. The summed E-state index contributed by atoms with van der Waals surface area (Å²) >= 11 is 5.91. The third kappa shape index (κ3) is 3.60. The van der Waals surface area contributed by atoms with Crippen LogP contribution in [-0.2, 0) is 6.42 Å². The van der Waals surface area contributed by atoms with Crippen LogP contribution in [0, 0.1) is 0 Å². The summed E-state index contributed by atoms with van der Waals surface area (Å²) in [6.45, 7) is 1.81. The Morgan fingerprint density at radius 2 is 2.09 bits per heavy atom. The molecule has 2 aromatic rings. The Kier molecular flexibility index (Phi) is 5.18. The average molecular weight is 335 g/mol. The van der Waals surface area contributed by atoms with Gasteiger partial charge in [0.2, 0.25) is 0 Å². The van der Waals surface area contributed by atoms with Gasteiger partial charge in [0, 0.05) is 18.0 Å². The topological polar surface area (TPSA) is 88.5 Å². The number of nitrogens with zero attached hydrogens (tertiary/aromatic N) is 1. The van der Waals surface area contributed by atoms with Crippen LogP contribution in [0.15, 0.2) is 30.5 Å². The van der Waals surface area contributed by atoms with Crippen molar-refractivity contribution >= 4 is 29.2 Å². The minimum atomic E-state index is -1.09. The molecule has 2 rings (SSSR count). The van der Waals surface area contributed by atoms with E-state index in [0.717, 1.165) is 0 Å². The van der Waals surface area contributed by atoms with Crippen molar-refractivity contribution in [2.45, 2.75) is 13.3 Å². The number of carbonyl (C=O) groups excluding carboxylic acids is 1. The van der Waals surface area contributed by atoms with Gasteiger partial charge >= 0.3 is 5.97 Å². The highest BCUT2D eigenvalue weighted by Crippen LogP contribution is 2.28. The van der Waals surface area contributed by atoms with Gasteiger partial charge in [-0.15, -0.1) is 0 Å². The Balaban J connectivity index is 2.46. The number of benzene rings is 1. The van der Waals surface area contributed by atoms with Crippen LogP contribution in [0.1, 0.15) is 33.2 Å². The van der Waals surface area contributed by atoms with E-state index in [1.54, 1.807) is 19.1 Å². The van der Waals surface area contributed by atoms with Crippen molar-refractivity contribution < 1.29 is 19.4 Å². The molecular formula is C16H15ClN2O4. The zero-order chi connectivity index (χ0) is 17.0. The maximum Gasteiger partial charge on any atom is 0.336 e. The first-order valence-corrected chi connectivity index (χ1v) is 7.21. The van der Waals surface area contributed by atoms with Crippen molar-refractivity contribution in [1.29, 1.82) is 0 Å². The molecular weight excluding hydrogens is 320 g/mol. The number of hydrogen-bond donors (Lipinski definition) is 2. The van der Waals surface area contributed by atoms with Gasteiger partial charge in [-0.1, -0.05) is 18.5 Å². The van der Waals surface area contributed by atoms with E-state index in [9.17, 15) is 14.7 Å². The minimum Gasteiger partial charge on any atom is -0.497 e. The fourth-order valence-electron chi connectivity index (χ4n) is 2.19. The van der Waals surface area contributed by atoms with Crippen molar-refractivity contribution in [2.24, 2.45) is 0 Å². The standard InChI is InChI=1S/C16H15ClN2O4/c1-3-10-12(16(21)22)7-9(23-2)8-13(10)19-15(20)11-5-4-6-18-14(11)17/h4-8H,3H2,1-2H3,(H,19,20)(H,21,22). The first kappa shape index (κ1) is 16.8. The molecule has 1 aromatic carbocycles. The van der Waals surface area contributed by atoms with Crippen molar-refractivity contribution in [1.82, 2.24) is 4.98 Å². The molecule has 0 spiro atoms. The number of aromatic nitrogens is 1. The lowest BCUT2D eigenvalue weighted by atomic mass is 10.0. The number of anilines is 1. The number of carboxylic acids is 1. The van der Waals surface area contributed by atoms with Gasteiger partial charge in [-0.05, 0) is 30.2 Å². The summed E-state index contributed by atoms with van der Waals surface area (Å²) in [7, 11) is 1.43. The molecule has 0 radical (unpaired) electrons. The van der Waals surface area contributed by atoms with Gasteiger partial charge in [-0.25, -0.2) is 9.78 Å². The normalized spacial score (nSPS) is 10.2. The predicted octanol–water partition coefficient (Wildman–Crippen LogP) is 3.26. The molecule has 1 amide bonds. The van der Waals surface area contributed by atoms with E-state index in [1.165, 1.54) is 25.4 Å². The molecule has 0 aliphatic carbocycles. The average Bonchev–Trinajstić information content (AvgIpc) is 2.54. The number of carbonyl (C=O) groups is 2. The SMILES string of the molecule is CCc1c(NC(=O)c2cccnc2Cl)cc(OC)cc1C(=O)O. The number of aromatic carboxylic acids is 1. The summed E-state index contributed by atoms with van der Waals surface area (Å²) in [6.07, 6.45) is 1.91. The van der Waals surface area contributed by atoms with Crippen molar-refractivity contribution in [2.75, 3.05) is 12.4 Å². The summed E-state index contributed by atoms with van der Waals surface area (Å²) in [5, 5.41) is 12.1. The number of nitrogens with one attached hydrogen (secondary N) is 1. The van der Waals surface area contributed by atoms with Crippen LogP contribution in [0.25, 0.3) is 0 Å². The van der Waals surface area contributed by atoms with Crippen LogP contribution in [0.3, 0.4) is 0 Å². The maximum atomic E-state index is 12.4. The Hall–Kier alpha value is -2.60. The number of methoxy groups -OCH3 is 1. The van der Waals surface area contributed by atoms with E-state index < -0.39 is 11.9 Å². The molecule has 2 N–H and O–H groups in total. The molecule has 0 saturated carbocycles. The first-order chi connectivity index (χ1) is 11.0. The predicted molar refractivity (Wildman–Crippen MR) is 86.5 cm³/mol. The molecule has 120 valence electrons. The van der Waals surface area contributed by atoms with Crippen molar-refractivity contribution in [3.05, 3.63) is 52.3 Å². The van der Waals surface area contributed by atoms with Crippen LogP contribution >= 0.6 is 11.6 Å². The Labute approximate surface area is 138 Å². The number of hydrogen-bond acceptors (Lipinski definition) is 4. The molecule has 0 atom stereocenters. The number of pyridine rings is 1. The van der Waals surface area contributed by atoms with Gasteiger partial charge in [-0.3, -0.25) is 4.79 Å². The zero-order valence-electron chi connectivity index (χ0n) is 12.6. The second kappa shape index (κ2) is 7.11. The molecule has 0 aliphatic heterocycles. The molecule has 0 aliphatic rings. The smallest absolute Gasteiger partial charge is 0.336 e. The Morgan fingerprint density at radius 3 is 2.65 bits per heavy atom. The van der Waals surface area contributed by atoms with Gasteiger partial charge in [0.25, 0.3) is 5.91 Å². The van der Waals surface area contributed by atoms with E-state index in [0.29, 0.717) is 23.4 Å². The van der Waals surface area contributed by atoms with Crippen LogP contribution < -0.4 is 10.1 Å². The maximum absolute atomic E-state index is 12.4. The number of halogens is 1. The summed E-state index contributed by atoms with van der Waals surface area (Å²) < 4.78 is 5.10. The zero-order valence-corrected chi connectivity index (χ0v) is 13.3. The minimum absolute atomic E-state index is 0.0735. The fraction of sp³-hybridized carbons (Fsp3) is 0.188. The molecule has 6 nitrogen and oxygen atoms in total. The third-order valence-electron chi connectivity index (χ3n) is 3.30. The van der Waals surface area contributed by atoms with Gasteiger partial charge < -0.3 is 15.2 Å². The van der Waals surface area contributed by atoms with Crippen LogP contribution in [0.2, 0.25) is 5.15 Å². The third-order valence-corrected chi connectivity index (χ3v) is 3.60. The van der Waals surface area contributed by atoms with Crippen LogP contribution in [0.5, 0.6) is 5.75 Å². The number of carboxylic acid groups (broad SMARTS) is 1. The Morgan fingerprint density at radius 1 is 1.35 bits per heavy atom. The van der Waals surface area contributed by atoms with Crippen LogP contribution in [-0.4, -0.2) is 29.1 Å². The summed E-state index contributed by atoms with van der Waals surface area (Å²) in [6, 6.07) is 6.13. The highest BCUT2D eigenvalue weighted by atomic mass is 35.5. The largest absolute Gasteiger partial charge is 0.497 e. The van der Waals surface area contributed by atoms with Crippen molar-refractivity contribution in [3.8, 4) is 5.75 Å². The molecule has 0 unspecified atom stereocenters.